The zero-order chi connectivity index (χ0) is 13.6. The van der Waals surface area contributed by atoms with Crippen molar-refractivity contribution in [2.24, 2.45) is 0 Å². The summed E-state index contributed by atoms with van der Waals surface area (Å²) in [7, 11) is 0. The molecular weight excluding hydrogens is 226 g/mol. The van der Waals surface area contributed by atoms with Gasteiger partial charge in [-0.15, -0.1) is 0 Å². The fraction of sp³-hybridized carbons (Fsp3) is 0.571. The van der Waals surface area contributed by atoms with Crippen LogP contribution in [0, 0.1) is 0 Å². The van der Waals surface area contributed by atoms with Gasteiger partial charge in [-0.3, -0.25) is 0 Å². The second-order valence-corrected chi connectivity index (χ2v) is 6.47. The van der Waals surface area contributed by atoms with Crippen molar-refractivity contribution in [3.05, 3.63) is 29.7 Å². The van der Waals surface area contributed by atoms with E-state index in [4.69, 9.17) is 0 Å². The normalized spacial score (nSPS) is 13.2. The summed E-state index contributed by atoms with van der Waals surface area (Å²) in [6.07, 6.45) is 2.12. The van der Waals surface area contributed by atoms with Crippen LogP contribution in [0.3, 0.4) is 0 Å². The van der Waals surface area contributed by atoms with Gasteiger partial charge < -0.3 is 5.11 Å². The van der Waals surface area contributed by atoms with Crippen molar-refractivity contribution in [1.29, 1.82) is 0 Å². The third kappa shape index (κ3) is 2.53. The largest absolute Gasteiger partial charge is 0.390 e. The quantitative estimate of drug-likeness (QED) is 0.886. The lowest BCUT2D eigenvalue weighted by Crippen LogP contribution is -2.24. The summed E-state index contributed by atoms with van der Waals surface area (Å²) < 4.78 is 1.83. The molecule has 2 aromatic heterocycles. The van der Waals surface area contributed by atoms with Crippen molar-refractivity contribution >= 4 is 5.65 Å². The lowest BCUT2D eigenvalue weighted by atomic mass is 9.87. The first-order chi connectivity index (χ1) is 8.18. The third-order valence-corrected chi connectivity index (χ3v) is 2.92. The van der Waals surface area contributed by atoms with Crippen molar-refractivity contribution in [2.45, 2.75) is 52.1 Å². The summed E-state index contributed by atoms with van der Waals surface area (Å²) in [5.41, 5.74) is 2.30. The zero-order valence-corrected chi connectivity index (χ0v) is 11.7. The molecule has 0 unspecified atom stereocenters. The molecule has 0 bridgehead atoms. The molecule has 2 rings (SSSR count). The Balaban J connectivity index is 2.58. The summed E-state index contributed by atoms with van der Waals surface area (Å²) >= 11 is 0. The molecule has 2 aromatic rings. The van der Waals surface area contributed by atoms with Crippen LogP contribution >= 0.6 is 0 Å². The molecule has 0 aromatic carbocycles. The molecule has 0 radical (unpaired) electrons. The zero-order valence-electron chi connectivity index (χ0n) is 11.7. The molecule has 0 atom stereocenters. The number of nitrogens with zero attached hydrogens (tertiary/aromatic N) is 3. The van der Waals surface area contributed by atoms with Gasteiger partial charge in [-0.2, -0.15) is 5.10 Å². The van der Waals surface area contributed by atoms with E-state index in [2.05, 4.69) is 36.9 Å². The minimum Gasteiger partial charge on any atom is -0.390 e. The molecule has 4 nitrogen and oxygen atoms in total. The highest BCUT2D eigenvalue weighted by atomic mass is 16.3. The second-order valence-electron chi connectivity index (χ2n) is 6.47. The molecule has 1 N–H and O–H groups in total. The molecule has 18 heavy (non-hydrogen) atoms. The topological polar surface area (TPSA) is 50.4 Å². The molecule has 2 heterocycles. The fourth-order valence-corrected chi connectivity index (χ4v) is 2.12. The number of pyridine rings is 1. The van der Waals surface area contributed by atoms with Crippen molar-refractivity contribution in [3.63, 3.8) is 0 Å². The van der Waals surface area contributed by atoms with E-state index in [1.54, 1.807) is 20.2 Å². The van der Waals surface area contributed by atoms with Crippen LogP contribution < -0.4 is 0 Å². The lowest BCUT2D eigenvalue weighted by Gasteiger charge is -2.22. The van der Waals surface area contributed by atoms with E-state index in [0.29, 0.717) is 6.42 Å². The number of aliphatic hydroxyl groups is 1. The predicted molar refractivity (Wildman–Crippen MR) is 71.7 cm³/mol. The van der Waals surface area contributed by atoms with Gasteiger partial charge in [-0.05, 0) is 25.3 Å². The van der Waals surface area contributed by atoms with Crippen LogP contribution in [-0.4, -0.2) is 25.3 Å². The number of aromatic nitrogens is 3. The molecule has 0 fully saturated rings. The van der Waals surface area contributed by atoms with Gasteiger partial charge in [-0.25, -0.2) is 9.50 Å². The smallest absolute Gasteiger partial charge is 0.159 e. The Morgan fingerprint density at radius 2 is 1.83 bits per heavy atom. The van der Waals surface area contributed by atoms with Crippen LogP contribution in [0.2, 0.25) is 0 Å². The van der Waals surface area contributed by atoms with Gasteiger partial charge in [0.25, 0.3) is 0 Å². The second kappa shape index (κ2) is 4.05. The van der Waals surface area contributed by atoms with Crippen molar-refractivity contribution in [1.82, 2.24) is 14.6 Å². The third-order valence-electron chi connectivity index (χ3n) is 2.92. The molecular formula is C14H21N3O. The fourth-order valence-electron chi connectivity index (χ4n) is 2.12. The molecule has 4 heteroatoms. The van der Waals surface area contributed by atoms with Crippen LogP contribution in [0.15, 0.2) is 18.5 Å². The Morgan fingerprint density at radius 3 is 2.39 bits per heavy atom. The van der Waals surface area contributed by atoms with E-state index in [1.165, 1.54) is 5.56 Å². The van der Waals surface area contributed by atoms with Crippen LogP contribution in [-0.2, 0) is 11.8 Å². The first-order valence-electron chi connectivity index (χ1n) is 6.23. The molecule has 0 saturated carbocycles. The Labute approximate surface area is 108 Å². The maximum atomic E-state index is 9.94. The van der Waals surface area contributed by atoms with Gasteiger partial charge in [0.2, 0.25) is 0 Å². The van der Waals surface area contributed by atoms with Crippen molar-refractivity contribution in [3.8, 4) is 0 Å². The van der Waals surface area contributed by atoms with Crippen LogP contribution in [0.4, 0.5) is 0 Å². The highest BCUT2D eigenvalue weighted by molar-refractivity contribution is 5.51. The number of rotatable bonds is 2. The van der Waals surface area contributed by atoms with E-state index in [9.17, 15) is 5.11 Å². The van der Waals surface area contributed by atoms with E-state index in [1.807, 2.05) is 10.6 Å². The highest BCUT2D eigenvalue weighted by Crippen LogP contribution is 2.26. The molecule has 0 spiro atoms. The van der Waals surface area contributed by atoms with Gasteiger partial charge in [-0.1, -0.05) is 26.8 Å². The van der Waals surface area contributed by atoms with Crippen molar-refractivity contribution < 1.29 is 5.11 Å². The molecule has 0 amide bonds. The van der Waals surface area contributed by atoms with Gasteiger partial charge in [0.1, 0.15) is 6.33 Å². The van der Waals surface area contributed by atoms with E-state index in [0.717, 1.165) is 11.3 Å². The first-order valence-corrected chi connectivity index (χ1v) is 6.23. The summed E-state index contributed by atoms with van der Waals surface area (Å²) in [4.78, 5) is 4.35. The average molecular weight is 247 g/mol. The Kier molecular flexibility index (Phi) is 2.93. The van der Waals surface area contributed by atoms with Crippen LogP contribution in [0.1, 0.15) is 45.9 Å². The minimum absolute atomic E-state index is 0.0293. The number of hydrogen-bond acceptors (Lipinski definition) is 3. The minimum atomic E-state index is -0.748. The van der Waals surface area contributed by atoms with Crippen LogP contribution in [0.25, 0.3) is 5.65 Å². The van der Waals surface area contributed by atoms with Crippen LogP contribution in [0.5, 0.6) is 0 Å². The van der Waals surface area contributed by atoms with Crippen molar-refractivity contribution in [2.75, 3.05) is 0 Å². The monoisotopic (exact) mass is 247 g/mol. The molecule has 0 aliphatic rings. The molecule has 0 aliphatic heterocycles. The summed E-state index contributed by atoms with van der Waals surface area (Å²) in [6, 6.07) is 4.12. The molecule has 0 saturated heterocycles. The summed E-state index contributed by atoms with van der Waals surface area (Å²) in [5.74, 6) is 0. The molecule has 0 aliphatic carbocycles. The highest BCUT2D eigenvalue weighted by Gasteiger charge is 2.22. The Morgan fingerprint density at radius 1 is 1.17 bits per heavy atom. The van der Waals surface area contributed by atoms with E-state index >= 15 is 0 Å². The average Bonchev–Trinajstić information content (AvgIpc) is 2.62. The predicted octanol–water partition coefficient (Wildman–Crippen LogP) is 2.34. The van der Waals surface area contributed by atoms with Gasteiger partial charge in [0.15, 0.2) is 5.65 Å². The van der Waals surface area contributed by atoms with Gasteiger partial charge >= 0.3 is 0 Å². The Hall–Kier alpha value is -1.42. The maximum Gasteiger partial charge on any atom is 0.159 e. The Bertz CT molecular complexity index is 558. The summed E-state index contributed by atoms with van der Waals surface area (Å²) in [6.45, 7) is 10.1. The maximum absolute atomic E-state index is 9.94. The summed E-state index contributed by atoms with van der Waals surface area (Å²) in [5, 5.41) is 14.2. The molecule has 98 valence electrons. The van der Waals surface area contributed by atoms with E-state index < -0.39 is 5.60 Å². The standard InChI is InChI=1S/C14H21N3O/c1-13(2,3)11-7-6-10(8-14(4,5)18)17-12(11)15-9-16-17/h6-7,9,18H,8H2,1-5H3. The van der Waals surface area contributed by atoms with Gasteiger partial charge in [0.05, 0.1) is 5.60 Å². The first kappa shape index (κ1) is 13.0. The van der Waals surface area contributed by atoms with E-state index in [-0.39, 0.29) is 5.41 Å². The van der Waals surface area contributed by atoms with Gasteiger partial charge in [0, 0.05) is 17.7 Å². The number of hydrogen-bond donors (Lipinski definition) is 1. The number of fused-ring (bicyclic) bond motifs is 1. The SMILES string of the molecule is CC(C)(O)Cc1ccc(C(C)(C)C)c2ncnn12. The lowest BCUT2D eigenvalue weighted by molar-refractivity contribution is 0.0794.